The van der Waals surface area contributed by atoms with Gasteiger partial charge in [-0.1, -0.05) is 50.0 Å². The summed E-state index contributed by atoms with van der Waals surface area (Å²) in [5.41, 5.74) is 3.57. The summed E-state index contributed by atoms with van der Waals surface area (Å²) in [5.74, 6) is 0.818. The summed E-state index contributed by atoms with van der Waals surface area (Å²) < 4.78 is 22.2. The molecule has 0 spiro atoms. The quantitative estimate of drug-likeness (QED) is 0.408. The summed E-state index contributed by atoms with van der Waals surface area (Å²) in [5, 5.41) is 8.51. The number of hydrogen-bond donors (Lipinski definition) is 1. The van der Waals surface area contributed by atoms with E-state index in [2.05, 4.69) is 36.2 Å². The molecule has 2 aromatic carbocycles. The molecule has 0 aliphatic carbocycles. The van der Waals surface area contributed by atoms with Crippen LogP contribution in [0, 0.1) is 5.82 Å². The van der Waals surface area contributed by atoms with Crippen molar-refractivity contribution in [1.82, 2.24) is 20.2 Å². The molecule has 8 heteroatoms. The Morgan fingerprint density at radius 2 is 1.93 bits per heavy atom. The number of H-pyrrole nitrogens is 1. The van der Waals surface area contributed by atoms with Crippen molar-refractivity contribution in [3.8, 4) is 22.6 Å². The number of hydrogen-bond acceptors (Lipinski definition) is 4. The van der Waals surface area contributed by atoms with Crippen LogP contribution in [-0.2, 0) is 6.54 Å². The lowest BCUT2D eigenvalue weighted by Crippen LogP contribution is -2.37. The van der Waals surface area contributed by atoms with E-state index in [9.17, 15) is 4.39 Å². The summed E-state index contributed by atoms with van der Waals surface area (Å²) in [6.45, 7) is 0.410. The van der Waals surface area contributed by atoms with Crippen molar-refractivity contribution in [3.05, 3.63) is 83.0 Å². The number of halogens is 2. The van der Waals surface area contributed by atoms with E-state index in [4.69, 9.17) is 4.52 Å². The lowest BCUT2D eigenvalue weighted by Gasteiger charge is -1.96. The third-order valence-corrected chi connectivity index (χ3v) is 5.04. The van der Waals surface area contributed by atoms with Crippen molar-refractivity contribution in [3.63, 3.8) is 0 Å². The minimum absolute atomic E-state index is 0.325. The molecule has 0 radical (unpaired) electrons. The van der Waals surface area contributed by atoms with Gasteiger partial charge in [0, 0.05) is 16.1 Å². The Morgan fingerprint density at radius 1 is 1.10 bits per heavy atom. The molecule has 0 bridgehead atoms. The van der Waals surface area contributed by atoms with Crippen LogP contribution in [0.2, 0.25) is 0 Å². The SMILES string of the molecule is Fc1ccccc1-c1nc2cn[n+](Cc3cc(-c4ccc(Br)cc4)no3)cc2[nH]1. The number of fused-ring (bicyclic) bond motifs is 1. The van der Waals surface area contributed by atoms with Gasteiger partial charge in [-0.2, -0.15) is 0 Å². The number of aromatic nitrogens is 5. The lowest BCUT2D eigenvalue weighted by atomic mass is 10.1. The monoisotopic (exact) mass is 450 g/mol. The van der Waals surface area contributed by atoms with Crippen LogP contribution < -0.4 is 4.68 Å². The molecule has 5 aromatic rings. The van der Waals surface area contributed by atoms with Crippen LogP contribution in [-0.4, -0.2) is 20.2 Å². The number of benzene rings is 2. The second-order valence-corrected chi connectivity index (χ2v) is 7.44. The predicted molar refractivity (Wildman–Crippen MR) is 108 cm³/mol. The Kier molecular flexibility index (Phi) is 4.40. The van der Waals surface area contributed by atoms with Gasteiger partial charge in [-0.3, -0.25) is 0 Å². The van der Waals surface area contributed by atoms with Gasteiger partial charge < -0.3 is 9.51 Å². The normalized spacial score (nSPS) is 11.2. The Hall–Kier alpha value is -3.39. The van der Waals surface area contributed by atoms with Crippen molar-refractivity contribution in [2.45, 2.75) is 6.54 Å². The maximum atomic E-state index is 14.0. The first-order valence-corrected chi connectivity index (χ1v) is 9.67. The third-order valence-electron chi connectivity index (χ3n) is 4.51. The van der Waals surface area contributed by atoms with Gasteiger partial charge in [0.2, 0.25) is 18.5 Å². The highest BCUT2D eigenvalue weighted by molar-refractivity contribution is 9.10. The summed E-state index contributed by atoms with van der Waals surface area (Å²) in [6.07, 6.45) is 3.46. The molecule has 0 fully saturated rings. The first-order chi connectivity index (χ1) is 14.2. The van der Waals surface area contributed by atoms with E-state index in [1.165, 1.54) is 6.07 Å². The molecule has 1 N–H and O–H groups in total. The zero-order valence-electron chi connectivity index (χ0n) is 15.0. The molecule has 0 saturated carbocycles. The molecule has 0 aliphatic rings. The predicted octanol–water partition coefficient (Wildman–Crippen LogP) is 4.52. The fourth-order valence-electron chi connectivity index (χ4n) is 3.08. The number of nitrogens with one attached hydrogen (secondary N) is 1. The number of aromatic amines is 1. The molecule has 0 saturated heterocycles. The first-order valence-electron chi connectivity index (χ1n) is 8.88. The highest BCUT2D eigenvalue weighted by atomic mass is 79.9. The Labute approximate surface area is 173 Å². The highest BCUT2D eigenvalue weighted by Gasteiger charge is 2.16. The van der Waals surface area contributed by atoms with Gasteiger partial charge in [-0.15, -0.1) is 0 Å². The first kappa shape index (κ1) is 17.7. The largest absolute Gasteiger partial charge is 0.354 e. The molecule has 29 heavy (non-hydrogen) atoms. The molecule has 0 unspecified atom stereocenters. The molecule has 0 amide bonds. The van der Waals surface area contributed by atoms with E-state index in [-0.39, 0.29) is 5.82 Å². The Morgan fingerprint density at radius 3 is 2.76 bits per heavy atom. The highest BCUT2D eigenvalue weighted by Crippen LogP contribution is 2.23. The van der Waals surface area contributed by atoms with Gasteiger partial charge in [-0.25, -0.2) is 9.37 Å². The van der Waals surface area contributed by atoms with Crippen LogP contribution in [0.5, 0.6) is 0 Å². The molecule has 6 nitrogen and oxygen atoms in total. The molecular formula is C21H14BrFN5O+. The molecule has 3 aromatic heterocycles. The number of nitrogens with zero attached hydrogens (tertiary/aromatic N) is 4. The van der Waals surface area contributed by atoms with Gasteiger partial charge >= 0.3 is 0 Å². The van der Waals surface area contributed by atoms with Crippen molar-refractivity contribution >= 4 is 27.0 Å². The van der Waals surface area contributed by atoms with Crippen molar-refractivity contribution in [2.24, 2.45) is 0 Å². The second kappa shape index (κ2) is 7.21. The van der Waals surface area contributed by atoms with Crippen LogP contribution in [0.3, 0.4) is 0 Å². The fraction of sp³-hybridized carbons (Fsp3) is 0.0476. The summed E-state index contributed by atoms with van der Waals surface area (Å²) in [4.78, 5) is 7.58. The second-order valence-electron chi connectivity index (χ2n) is 6.52. The summed E-state index contributed by atoms with van der Waals surface area (Å²) in [7, 11) is 0. The minimum Gasteiger partial charge on any atom is -0.354 e. The van der Waals surface area contributed by atoms with E-state index >= 15 is 0 Å². The van der Waals surface area contributed by atoms with E-state index in [1.807, 2.05) is 36.5 Å². The topological polar surface area (TPSA) is 71.5 Å². The lowest BCUT2D eigenvalue weighted by molar-refractivity contribution is -0.746. The Balaban J connectivity index is 1.41. The minimum atomic E-state index is -0.325. The third kappa shape index (κ3) is 3.54. The van der Waals surface area contributed by atoms with Gasteiger partial charge in [0.15, 0.2) is 0 Å². The smallest absolute Gasteiger partial charge is 0.234 e. The maximum Gasteiger partial charge on any atom is 0.234 e. The summed E-state index contributed by atoms with van der Waals surface area (Å²) in [6, 6.07) is 16.3. The Bertz CT molecular complexity index is 1310. The van der Waals surface area contributed by atoms with Crippen molar-refractivity contribution < 1.29 is 13.6 Å². The van der Waals surface area contributed by atoms with Crippen LogP contribution in [0.25, 0.3) is 33.7 Å². The zero-order chi connectivity index (χ0) is 19.8. The molecule has 5 rings (SSSR count). The van der Waals surface area contributed by atoms with Gasteiger partial charge in [0.25, 0.3) is 0 Å². The van der Waals surface area contributed by atoms with Gasteiger partial charge in [-0.05, 0) is 29.4 Å². The average Bonchev–Trinajstić information content (AvgIpc) is 3.35. The average molecular weight is 451 g/mol. The van der Waals surface area contributed by atoms with Crippen molar-refractivity contribution in [1.29, 1.82) is 0 Å². The summed E-state index contributed by atoms with van der Waals surface area (Å²) >= 11 is 3.42. The zero-order valence-corrected chi connectivity index (χ0v) is 16.6. The van der Waals surface area contributed by atoms with E-state index in [0.717, 1.165) is 21.2 Å². The van der Waals surface area contributed by atoms with Crippen LogP contribution in [0.4, 0.5) is 4.39 Å². The number of imidazole rings is 1. The van der Waals surface area contributed by atoms with E-state index < -0.39 is 0 Å². The van der Waals surface area contributed by atoms with Crippen LogP contribution in [0.15, 0.2) is 76.0 Å². The standard InChI is InChI=1S/C21H13BrFN5O/c22-14-7-5-13(6-8-14)18-9-15(29-27-18)11-28-12-20-19(10-24-28)25-21(26-20)16-3-1-2-4-17(16)23/h1-10,12H,11H2/p+1. The van der Waals surface area contributed by atoms with Gasteiger partial charge in [0.1, 0.15) is 34.6 Å². The van der Waals surface area contributed by atoms with Crippen LogP contribution in [0.1, 0.15) is 5.76 Å². The molecular weight excluding hydrogens is 437 g/mol. The van der Waals surface area contributed by atoms with Gasteiger partial charge in [0.05, 0.1) is 5.56 Å². The molecule has 142 valence electrons. The fourth-order valence-corrected chi connectivity index (χ4v) is 3.34. The number of rotatable bonds is 4. The molecule has 0 aliphatic heterocycles. The molecule has 3 heterocycles. The maximum absolute atomic E-state index is 14.0. The van der Waals surface area contributed by atoms with Crippen LogP contribution >= 0.6 is 15.9 Å². The van der Waals surface area contributed by atoms with Crippen molar-refractivity contribution in [2.75, 3.05) is 0 Å². The van der Waals surface area contributed by atoms with E-state index in [1.54, 1.807) is 29.1 Å². The molecule has 0 atom stereocenters. The van der Waals surface area contributed by atoms with E-state index in [0.29, 0.717) is 29.2 Å².